The zero-order chi connectivity index (χ0) is 18.8. The van der Waals surface area contributed by atoms with E-state index in [0.29, 0.717) is 17.4 Å². The highest BCUT2D eigenvalue weighted by Crippen LogP contribution is 2.35. The summed E-state index contributed by atoms with van der Waals surface area (Å²) < 4.78 is 16.0. The summed E-state index contributed by atoms with van der Waals surface area (Å²) in [6.45, 7) is 0. The second-order valence-electron chi connectivity index (χ2n) is 6.32. The number of aromatic nitrogens is 2. The Morgan fingerprint density at radius 2 is 1.50 bits per heavy atom. The van der Waals surface area contributed by atoms with Crippen LogP contribution in [-0.2, 0) is 12.8 Å². The summed E-state index contributed by atoms with van der Waals surface area (Å²) in [5, 5.41) is 3.25. The number of rotatable bonds is 5. The van der Waals surface area contributed by atoms with Crippen LogP contribution >= 0.6 is 12.4 Å². The zero-order valence-electron chi connectivity index (χ0n) is 16.0. The summed E-state index contributed by atoms with van der Waals surface area (Å²) in [5.41, 5.74) is 5.30. The predicted octanol–water partition coefficient (Wildman–Crippen LogP) is 4.43. The van der Waals surface area contributed by atoms with Crippen molar-refractivity contribution < 1.29 is 14.2 Å². The Kier molecular flexibility index (Phi) is 5.90. The summed E-state index contributed by atoms with van der Waals surface area (Å²) in [5.74, 6) is 2.81. The molecule has 2 aromatic carbocycles. The lowest BCUT2D eigenvalue weighted by atomic mass is 9.90. The molecule has 0 radical (unpaired) electrons. The number of halogens is 1. The van der Waals surface area contributed by atoms with E-state index in [1.54, 1.807) is 21.3 Å². The van der Waals surface area contributed by atoms with Crippen molar-refractivity contribution in [3.63, 3.8) is 0 Å². The van der Waals surface area contributed by atoms with Crippen molar-refractivity contribution in [3.8, 4) is 28.5 Å². The minimum Gasteiger partial charge on any atom is -0.497 e. The van der Waals surface area contributed by atoms with E-state index in [0.717, 1.165) is 41.1 Å². The number of aryl methyl sites for hydroxylation is 2. The van der Waals surface area contributed by atoms with Crippen LogP contribution in [-0.4, -0.2) is 31.3 Å². The molecule has 0 saturated carbocycles. The predicted molar refractivity (Wildman–Crippen MR) is 112 cm³/mol. The molecule has 0 fully saturated rings. The van der Waals surface area contributed by atoms with Gasteiger partial charge in [-0.15, -0.1) is 12.4 Å². The van der Waals surface area contributed by atoms with Gasteiger partial charge in [-0.3, -0.25) is 0 Å². The maximum absolute atomic E-state index is 5.35. The minimum atomic E-state index is 0. The van der Waals surface area contributed by atoms with Crippen molar-refractivity contribution in [2.45, 2.75) is 12.8 Å². The number of nitrogens with one attached hydrogen (secondary N) is 1. The molecule has 0 bridgehead atoms. The Morgan fingerprint density at radius 1 is 0.821 bits per heavy atom. The van der Waals surface area contributed by atoms with Gasteiger partial charge in [0.15, 0.2) is 0 Å². The van der Waals surface area contributed by atoms with Gasteiger partial charge in [0.05, 0.1) is 27.0 Å². The first-order valence-corrected chi connectivity index (χ1v) is 8.73. The van der Waals surface area contributed by atoms with E-state index in [4.69, 9.17) is 19.2 Å². The first-order chi connectivity index (χ1) is 13.2. The molecule has 0 amide bonds. The maximum Gasteiger partial charge on any atom is 0.227 e. The Morgan fingerprint density at radius 3 is 2.18 bits per heavy atom. The molecule has 0 saturated heterocycles. The third-order valence-electron chi connectivity index (χ3n) is 4.70. The van der Waals surface area contributed by atoms with Gasteiger partial charge in [-0.25, -0.2) is 9.97 Å². The van der Waals surface area contributed by atoms with Gasteiger partial charge in [0.25, 0.3) is 0 Å². The van der Waals surface area contributed by atoms with Gasteiger partial charge in [-0.1, -0.05) is 0 Å². The number of benzene rings is 2. The van der Waals surface area contributed by atoms with Gasteiger partial charge >= 0.3 is 0 Å². The normalized spacial score (nSPS) is 11.5. The third-order valence-corrected chi connectivity index (χ3v) is 4.70. The summed E-state index contributed by atoms with van der Waals surface area (Å²) in [4.78, 5) is 9.25. The van der Waals surface area contributed by atoms with Crippen molar-refractivity contribution in [2.24, 2.45) is 0 Å². The molecule has 1 aliphatic carbocycles. The van der Waals surface area contributed by atoms with Crippen molar-refractivity contribution in [1.29, 1.82) is 0 Å². The molecule has 0 atom stereocenters. The van der Waals surface area contributed by atoms with Crippen LogP contribution < -0.4 is 19.5 Å². The Bertz CT molecular complexity index is 972. The van der Waals surface area contributed by atoms with Crippen molar-refractivity contribution in [2.75, 3.05) is 26.6 Å². The Hall–Kier alpha value is -2.99. The highest BCUT2D eigenvalue weighted by molar-refractivity contribution is 5.85. The van der Waals surface area contributed by atoms with Gasteiger partial charge in [0.1, 0.15) is 17.2 Å². The van der Waals surface area contributed by atoms with E-state index in [-0.39, 0.29) is 12.4 Å². The number of methoxy groups -OCH3 is 3. The smallest absolute Gasteiger partial charge is 0.227 e. The molecule has 6 nitrogen and oxygen atoms in total. The van der Waals surface area contributed by atoms with E-state index >= 15 is 0 Å². The van der Waals surface area contributed by atoms with Crippen LogP contribution in [0.1, 0.15) is 11.1 Å². The van der Waals surface area contributed by atoms with Gasteiger partial charge < -0.3 is 19.5 Å². The van der Waals surface area contributed by atoms with E-state index in [1.807, 2.05) is 30.5 Å². The number of anilines is 2. The molecule has 1 heterocycles. The lowest BCUT2D eigenvalue weighted by Crippen LogP contribution is -2.09. The molecular formula is C21H22ClN3O3. The average Bonchev–Trinajstić information content (AvgIpc) is 2.72. The van der Waals surface area contributed by atoms with Crippen molar-refractivity contribution in [3.05, 3.63) is 53.7 Å². The van der Waals surface area contributed by atoms with Gasteiger partial charge in [0, 0.05) is 35.6 Å². The molecular weight excluding hydrogens is 378 g/mol. The van der Waals surface area contributed by atoms with Gasteiger partial charge in [-0.2, -0.15) is 0 Å². The van der Waals surface area contributed by atoms with Crippen LogP contribution in [0.2, 0.25) is 0 Å². The van der Waals surface area contributed by atoms with Crippen LogP contribution in [0.15, 0.2) is 42.6 Å². The Labute approximate surface area is 170 Å². The lowest BCUT2D eigenvalue weighted by Gasteiger charge is -2.20. The second kappa shape index (κ2) is 8.35. The van der Waals surface area contributed by atoms with Crippen LogP contribution in [0.25, 0.3) is 11.3 Å². The van der Waals surface area contributed by atoms with E-state index in [2.05, 4.69) is 22.4 Å². The molecule has 1 aliphatic rings. The highest BCUT2D eigenvalue weighted by atomic mass is 35.5. The minimum absolute atomic E-state index is 0. The van der Waals surface area contributed by atoms with Crippen LogP contribution in [0.5, 0.6) is 17.2 Å². The van der Waals surface area contributed by atoms with Crippen LogP contribution in [0, 0.1) is 0 Å². The second-order valence-corrected chi connectivity index (χ2v) is 6.32. The number of ether oxygens (including phenoxy) is 3. The van der Waals surface area contributed by atoms with E-state index < -0.39 is 0 Å². The highest BCUT2D eigenvalue weighted by Gasteiger charge is 2.19. The fraction of sp³-hybridized carbons (Fsp3) is 0.238. The molecule has 4 rings (SSSR count). The molecule has 28 heavy (non-hydrogen) atoms. The number of fused-ring (bicyclic) bond motifs is 3. The largest absolute Gasteiger partial charge is 0.497 e. The first-order valence-electron chi connectivity index (χ1n) is 8.73. The SMILES string of the molecule is COc1cc(Nc2ncc3c(n2)-c2ccc(OC)cc2CC3)cc(OC)c1.Cl. The molecule has 0 unspecified atom stereocenters. The first kappa shape index (κ1) is 19.8. The lowest BCUT2D eigenvalue weighted by molar-refractivity contribution is 0.395. The maximum atomic E-state index is 5.35. The monoisotopic (exact) mass is 399 g/mol. The fourth-order valence-corrected chi connectivity index (χ4v) is 3.30. The molecule has 0 aliphatic heterocycles. The molecule has 7 heteroatoms. The number of hydrogen-bond donors (Lipinski definition) is 1. The molecule has 1 aromatic heterocycles. The topological polar surface area (TPSA) is 65.5 Å². The average molecular weight is 400 g/mol. The third kappa shape index (κ3) is 3.82. The van der Waals surface area contributed by atoms with Gasteiger partial charge in [-0.05, 0) is 42.2 Å². The summed E-state index contributed by atoms with van der Waals surface area (Å²) in [6.07, 6.45) is 3.78. The summed E-state index contributed by atoms with van der Waals surface area (Å²) >= 11 is 0. The number of hydrogen-bond acceptors (Lipinski definition) is 6. The van der Waals surface area contributed by atoms with Crippen molar-refractivity contribution in [1.82, 2.24) is 9.97 Å². The quantitative estimate of drug-likeness (QED) is 0.684. The van der Waals surface area contributed by atoms with Crippen LogP contribution in [0.4, 0.5) is 11.6 Å². The van der Waals surface area contributed by atoms with E-state index in [1.165, 1.54) is 5.56 Å². The van der Waals surface area contributed by atoms with Crippen molar-refractivity contribution >= 4 is 24.0 Å². The molecule has 146 valence electrons. The van der Waals surface area contributed by atoms with Gasteiger partial charge in [0.2, 0.25) is 5.95 Å². The standard InChI is InChI=1S/C21H21N3O3.ClH/c1-25-16-6-7-19-13(8-16)4-5-14-12-22-21(24-20(14)19)23-15-9-17(26-2)11-18(10-15)27-3;/h6-12H,4-5H2,1-3H3,(H,22,23,24);1H. The molecule has 1 N–H and O–H groups in total. The molecule has 3 aromatic rings. The number of nitrogens with zero attached hydrogens (tertiary/aromatic N) is 2. The van der Waals surface area contributed by atoms with E-state index in [9.17, 15) is 0 Å². The summed E-state index contributed by atoms with van der Waals surface area (Å²) in [6, 6.07) is 11.7. The zero-order valence-corrected chi connectivity index (χ0v) is 16.8. The summed E-state index contributed by atoms with van der Waals surface area (Å²) in [7, 11) is 4.93. The van der Waals surface area contributed by atoms with Crippen LogP contribution in [0.3, 0.4) is 0 Å². The fourth-order valence-electron chi connectivity index (χ4n) is 3.30. The Balaban J connectivity index is 0.00000225. The molecule has 0 spiro atoms.